The SMILES string of the molecule is O=C(Cc1ccccc1)c1ccccc1C(=O)Nc1ccccc1. The molecule has 0 aliphatic carbocycles. The van der Waals surface area contributed by atoms with Crippen LogP contribution in [0.5, 0.6) is 0 Å². The average molecular weight is 315 g/mol. The standard InChI is InChI=1S/C21H17NO2/c23-20(15-16-9-3-1-4-10-16)18-13-7-8-14-19(18)21(24)22-17-11-5-2-6-12-17/h1-14H,15H2,(H,22,24). The topological polar surface area (TPSA) is 46.2 Å². The summed E-state index contributed by atoms with van der Waals surface area (Å²) < 4.78 is 0. The summed E-state index contributed by atoms with van der Waals surface area (Å²) in [7, 11) is 0. The molecule has 0 saturated carbocycles. The summed E-state index contributed by atoms with van der Waals surface area (Å²) in [5, 5.41) is 2.83. The molecule has 3 aromatic rings. The van der Waals surface area contributed by atoms with E-state index in [1.54, 1.807) is 24.3 Å². The van der Waals surface area contributed by atoms with Gasteiger partial charge in [0.1, 0.15) is 0 Å². The van der Waals surface area contributed by atoms with Crippen LogP contribution in [0.15, 0.2) is 84.9 Å². The molecule has 24 heavy (non-hydrogen) atoms. The Morgan fingerprint density at radius 2 is 1.21 bits per heavy atom. The lowest BCUT2D eigenvalue weighted by Crippen LogP contribution is -2.17. The number of rotatable bonds is 5. The van der Waals surface area contributed by atoms with Crippen molar-refractivity contribution >= 4 is 17.4 Å². The number of amides is 1. The lowest BCUT2D eigenvalue weighted by atomic mass is 9.98. The number of nitrogens with one attached hydrogen (secondary N) is 1. The van der Waals surface area contributed by atoms with Crippen molar-refractivity contribution in [1.82, 2.24) is 0 Å². The molecule has 3 rings (SSSR count). The molecule has 0 aromatic heterocycles. The number of para-hydroxylation sites is 1. The average Bonchev–Trinajstić information content (AvgIpc) is 2.63. The van der Waals surface area contributed by atoms with E-state index in [1.807, 2.05) is 60.7 Å². The highest BCUT2D eigenvalue weighted by atomic mass is 16.2. The molecule has 0 aliphatic heterocycles. The first-order chi connectivity index (χ1) is 11.7. The van der Waals surface area contributed by atoms with E-state index >= 15 is 0 Å². The second kappa shape index (κ2) is 7.38. The fourth-order valence-electron chi connectivity index (χ4n) is 2.52. The van der Waals surface area contributed by atoms with Gasteiger partial charge in [0, 0.05) is 17.7 Å². The number of hydrogen-bond donors (Lipinski definition) is 1. The highest BCUT2D eigenvalue weighted by Crippen LogP contribution is 2.15. The first-order valence-corrected chi connectivity index (χ1v) is 7.76. The minimum absolute atomic E-state index is 0.0694. The molecule has 3 aromatic carbocycles. The molecule has 1 N–H and O–H groups in total. The van der Waals surface area contributed by atoms with Gasteiger partial charge in [0.2, 0.25) is 0 Å². The van der Waals surface area contributed by atoms with Gasteiger partial charge in [-0.3, -0.25) is 9.59 Å². The van der Waals surface area contributed by atoms with Gasteiger partial charge in [-0.15, -0.1) is 0 Å². The van der Waals surface area contributed by atoms with Crippen LogP contribution < -0.4 is 5.32 Å². The molecule has 1 amide bonds. The Morgan fingerprint density at radius 3 is 1.88 bits per heavy atom. The van der Waals surface area contributed by atoms with Crippen LogP contribution in [0.2, 0.25) is 0 Å². The molecule has 0 unspecified atom stereocenters. The largest absolute Gasteiger partial charge is 0.322 e. The van der Waals surface area contributed by atoms with E-state index in [4.69, 9.17) is 0 Å². The zero-order valence-corrected chi connectivity index (χ0v) is 13.1. The summed E-state index contributed by atoms with van der Waals surface area (Å²) in [6.07, 6.45) is 0.274. The van der Waals surface area contributed by atoms with E-state index < -0.39 is 0 Å². The smallest absolute Gasteiger partial charge is 0.256 e. The maximum absolute atomic E-state index is 12.6. The van der Waals surface area contributed by atoms with E-state index in [0.29, 0.717) is 16.8 Å². The summed E-state index contributed by atoms with van der Waals surface area (Å²) in [6.45, 7) is 0. The Hall–Kier alpha value is -3.20. The number of anilines is 1. The molecule has 0 spiro atoms. The predicted octanol–water partition coefficient (Wildman–Crippen LogP) is 4.36. The van der Waals surface area contributed by atoms with Crippen molar-refractivity contribution in [2.45, 2.75) is 6.42 Å². The minimum Gasteiger partial charge on any atom is -0.322 e. The molecule has 118 valence electrons. The van der Waals surface area contributed by atoms with Crippen molar-refractivity contribution < 1.29 is 9.59 Å². The summed E-state index contributed by atoms with van der Waals surface area (Å²) in [6, 6.07) is 25.6. The Labute approximate surface area is 141 Å². The number of benzene rings is 3. The van der Waals surface area contributed by atoms with Crippen molar-refractivity contribution in [3.63, 3.8) is 0 Å². The third-order valence-corrected chi connectivity index (χ3v) is 3.71. The lowest BCUT2D eigenvalue weighted by Gasteiger charge is -2.10. The second-order valence-electron chi connectivity index (χ2n) is 5.45. The first kappa shape index (κ1) is 15.7. The number of Topliss-reactive ketones (excluding diaryl/α,β-unsaturated/α-hetero) is 1. The van der Waals surface area contributed by atoms with Crippen molar-refractivity contribution in [3.8, 4) is 0 Å². The normalized spacial score (nSPS) is 10.2. The number of ketones is 1. The highest BCUT2D eigenvalue weighted by molar-refractivity contribution is 6.13. The van der Waals surface area contributed by atoms with E-state index in [9.17, 15) is 9.59 Å². The van der Waals surface area contributed by atoms with Crippen LogP contribution in [0.1, 0.15) is 26.3 Å². The summed E-state index contributed by atoms with van der Waals surface area (Å²) in [4.78, 5) is 25.1. The molecule has 0 heterocycles. The molecule has 3 nitrogen and oxygen atoms in total. The zero-order chi connectivity index (χ0) is 16.8. The Kier molecular flexibility index (Phi) is 4.82. The van der Waals surface area contributed by atoms with Gasteiger partial charge >= 0.3 is 0 Å². The van der Waals surface area contributed by atoms with Crippen LogP contribution >= 0.6 is 0 Å². The molecule has 0 saturated heterocycles. The van der Waals surface area contributed by atoms with Crippen LogP contribution in [0, 0.1) is 0 Å². The van der Waals surface area contributed by atoms with Crippen molar-refractivity contribution in [2.75, 3.05) is 5.32 Å². The maximum atomic E-state index is 12.6. The van der Waals surface area contributed by atoms with E-state index in [0.717, 1.165) is 5.56 Å². The van der Waals surface area contributed by atoms with Gasteiger partial charge in [-0.25, -0.2) is 0 Å². The summed E-state index contributed by atoms with van der Waals surface area (Å²) in [5.41, 5.74) is 2.46. The minimum atomic E-state index is -0.279. The van der Waals surface area contributed by atoms with Crippen LogP contribution in [0.3, 0.4) is 0 Å². The second-order valence-corrected chi connectivity index (χ2v) is 5.45. The van der Waals surface area contributed by atoms with Crippen LogP contribution in [0.25, 0.3) is 0 Å². The van der Waals surface area contributed by atoms with Gasteiger partial charge in [-0.1, -0.05) is 66.7 Å². The molecular formula is C21H17NO2. The highest BCUT2D eigenvalue weighted by Gasteiger charge is 2.16. The Morgan fingerprint density at radius 1 is 0.667 bits per heavy atom. The van der Waals surface area contributed by atoms with Gasteiger partial charge in [0.15, 0.2) is 5.78 Å². The third-order valence-electron chi connectivity index (χ3n) is 3.71. The molecule has 0 fully saturated rings. The fraction of sp³-hybridized carbons (Fsp3) is 0.0476. The maximum Gasteiger partial charge on any atom is 0.256 e. The monoisotopic (exact) mass is 315 g/mol. The number of hydrogen-bond acceptors (Lipinski definition) is 2. The first-order valence-electron chi connectivity index (χ1n) is 7.76. The number of carbonyl (C=O) groups is 2. The van der Waals surface area contributed by atoms with E-state index in [-0.39, 0.29) is 18.1 Å². The van der Waals surface area contributed by atoms with Crippen molar-refractivity contribution in [3.05, 3.63) is 102 Å². The van der Waals surface area contributed by atoms with Crippen molar-refractivity contribution in [1.29, 1.82) is 0 Å². The Bertz CT molecular complexity index is 769. The number of carbonyl (C=O) groups excluding carboxylic acids is 2. The Balaban J connectivity index is 1.82. The van der Waals surface area contributed by atoms with E-state index in [2.05, 4.69) is 5.32 Å². The molecule has 0 atom stereocenters. The lowest BCUT2D eigenvalue weighted by molar-refractivity contribution is 0.0972. The third kappa shape index (κ3) is 3.76. The summed E-state index contributed by atoms with van der Waals surface area (Å²) >= 11 is 0. The fourth-order valence-corrected chi connectivity index (χ4v) is 2.52. The molecule has 0 radical (unpaired) electrons. The van der Waals surface area contributed by atoms with Gasteiger partial charge < -0.3 is 5.32 Å². The molecular weight excluding hydrogens is 298 g/mol. The molecule has 0 aliphatic rings. The van der Waals surface area contributed by atoms with Gasteiger partial charge in [0.25, 0.3) is 5.91 Å². The summed E-state index contributed by atoms with van der Waals surface area (Å²) in [5.74, 6) is -0.349. The van der Waals surface area contributed by atoms with Gasteiger partial charge in [-0.05, 0) is 23.8 Å². The van der Waals surface area contributed by atoms with E-state index in [1.165, 1.54) is 0 Å². The van der Waals surface area contributed by atoms with Crippen LogP contribution in [0.4, 0.5) is 5.69 Å². The van der Waals surface area contributed by atoms with Gasteiger partial charge in [0.05, 0.1) is 5.56 Å². The van der Waals surface area contributed by atoms with Crippen molar-refractivity contribution in [2.24, 2.45) is 0 Å². The predicted molar refractivity (Wildman–Crippen MR) is 95.3 cm³/mol. The van der Waals surface area contributed by atoms with Gasteiger partial charge in [-0.2, -0.15) is 0 Å². The zero-order valence-electron chi connectivity index (χ0n) is 13.1. The van der Waals surface area contributed by atoms with Crippen LogP contribution in [-0.4, -0.2) is 11.7 Å². The van der Waals surface area contributed by atoms with Crippen LogP contribution in [-0.2, 0) is 6.42 Å². The molecule has 3 heteroatoms. The molecule has 0 bridgehead atoms. The quantitative estimate of drug-likeness (QED) is 0.711.